The van der Waals surface area contributed by atoms with Crippen LogP contribution >= 0.6 is 0 Å². The van der Waals surface area contributed by atoms with Crippen LogP contribution in [0.15, 0.2) is 12.1 Å². The van der Waals surface area contributed by atoms with Gasteiger partial charge in [-0.05, 0) is 43.9 Å². The van der Waals surface area contributed by atoms with E-state index < -0.39 is 17.7 Å². The van der Waals surface area contributed by atoms with Gasteiger partial charge in [0.1, 0.15) is 17.2 Å². The number of rotatable bonds is 4. The molecule has 0 unspecified atom stereocenters. The minimum absolute atomic E-state index is 0.150. The smallest absolute Gasteiger partial charge is 0.201 e. The highest BCUT2D eigenvalue weighted by Gasteiger charge is 2.69. The van der Waals surface area contributed by atoms with Gasteiger partial charge in [-0.15, -0.1) is 0 Å². The topological polar surface area (TPSA) is 64.6 Å². The molecule has 5 fully saturated rings. The van der Waals surface area contributed by atoms with Crippen LogP contribution < -0.4 is 14.2 Å². The highest BCUT2D eigenvalue weighted by Crippen LogP contribution is 2.63. The lowest BCUT2D eigenvalue weighted by molar-refractivity contribution is -0.571. The second-order valence-electron chi connectivity index (χ2n) is 9.77. The predicted molar refractivity (Wildman–Crippen MR) is 112 cm³/mol. The first-order chi connectivity index (χ1) is 14.9. The molecule has 7 heteroatoms. The van der Waals surface area contributed by atoms with E-state index in [2.05, 4.69) is 13.8 Å². The van der Waals surface area contributed by atoms with Crippen molar-refractivity contribution in [3.05, 3.63) is 17.7 Å². The summed E-state index contributed by atoms with van der Waals surface area (Å²) in [7, 11) is 4.95. The standard InChI is InChI=1S/C24H34O7/c1-13-7-8-17-14(2)21(20-18(26-5)11-15(25-4)12-19(20)27-6)28-22-24(17)16(13)9-10-23(3,29-22)30-31-24/h11-14,16-17,21-22H,7-10H2,1-6H3/t13-,14-,16+,17+,21-,22-,23+,24-/m1/s1. The van der Waals surface area contributed by atoms with Crippen molar-refractivity contribution < 1.29 is 33.5 Å². The molecule has 0 N–H and O–H groups in total. The summed E-state index contributed by atoms with van der Waals surface area (Å²) in [5, 5.41) is 0. The molecule has 1 saturated carbocycles. The maximum atomic E-state index is 6.77. The van der Waals surface area contributed by atoms with E-state index in [0.29, 0.717) is 29.1 Å². The van der Waals surface area contributed by atoms with E-state index in [4.69, 9.17) is 33.5 Å². The van der Waals surface area contributed by atoms with Gasteiger partial charge in [0.25, 0.3) is 0 Å². The summed E-state index contributed by atoms with van der Waals surface area (Å²) in [5.74, 6) is 2.51. The van der Waals surface area contributed by atoms with Crippen molar-refractivity contribution in [1.82, 2.24) is 0 Å². The number of methoxy groups -OCH3 is 3. The zero-order valence-electron chi connectivity index (χ0n) is 19.3. The average molecular weight is 435 g/mol. The Hall–Kier alpha value is -1.54. The molecule has 1 aromatic carbocycles. The Balaban J connectivity index is 1.61. The van der Waals surface area contributed by atoms with Crippen molar-refractivity contribution in [3.63, 3.8) is 0 Å². The lowest BCUT2D eigenvalue weighted by atomic mass is 9.57. The van der Waals surface area contributed by atoms with Gasteiger partial charge in [0.15, 0.2) is 11.9 Å². The van der Waals surface area contributed by atoms with Gasteiger partial charge in [-0.3, -0.25) is 0 Å². The third-order valence-corrected chi connectivity index (χ3v) is 8.20. The fourth-order valence-electron chi connectivity index (χ4n) is 6.55. The van der Waals surface area contributed by atoms with E-state index in [1.165, 1.54) is 0 Å². The fourth-order valence-corrected chi connectivity index (χ4v) is 6.55. The number of fused-ring (bicyclic) bond motifs is 2. The quantitative estimate of drug-likeness (QED) is 0.640. The van der Waals surface area contributed by atoms with Crippen LogP contribution in [0.4, 0.5) is 0 Å². The Morgan fingerprint density at radius 3 is 2.26 bits per heavy atom. The first-order valence-corrected chi connectivity index (χ1v) is 11.4. The van der Waals surface area contributed by atoms with E-state index in [-0.39, 0.29) is 17.9 Å². The number of benzene rings is 1. The van der Waals surface area contributed by atoms with Crippen molar-refractivity contribution in [1.29, 1.82) is 0 Å². The van der Waals surface area contributed by atoms with Gasteiger partial charge < -0.3 is 23.7 Å². The lowest BCUT2D eigenvalue weighted by Crippen LogP contribution is -2.69. The number of hydrogen-bond donors (Lipinski definition) is 0. The van der Waals surface area contributed by atoms with Crippen molar-refractivity contribution in [2.45, 2.75) is 70.2 Å². The molecule has 1 aliphatic carbocycles. The summed E-state index contributed by atoms with van der Waals surface area (Å²) in [4.78, 5) is 12.2. The van der Waals surface area contributed by atoms with Gasteiger partial charge in [-0.25, -0.2) is 9.78 Å². The molecule has 0 radical (unpaired) electrons. The van der Waals surface area contributed by atoms with Crippen LogP contribution in [0.25, 0.3) is 0 Å². The molecule has 1 aromatic rings. The summed E-state index contributed by atoms with van der Waals surface area (Å²) in [6.07, 6.45) is 3.24. The van der Waals surface area contributed by atoms with E-state index in [9.17, 15) is 0 Å². The monoisotopic (exact) mass is 434 g/mol. The Labute approximate surface area is 184 Å². The molecule has 2 bridgehead atoms. The summed E-state index contributed by atoms with van der Waals surface area (Å²) in [6.45, 7) is 6.50. The third kappa shape index (κ3) is 3.00. The third-order valence-electron chi connectivity index (χ3n) is 8.20. The molecule has 0 aromatic heterocycles. The van der Waals surface area contributed by atoms with Crippen LogP contribution in [0.2, 0.25) is 0 Å². The van der Waals surface area contributed by atoms with Gasteiger partial charge in [0.05, 0.1) is 33.0 Å². The molecule has 4 aliphatic heterocycles. The average Bonchev–Trinajstić information content (AvgIpc) is 3.01. The molecule has 5 aliphatic rings. The Morgan fingerprint density at radius 2 is 1.61 bits per heavy atom. The SMILES string of the molecule is COc1cc(OC)c([C@@H]2O[C@@H]3O[C@]4(C)CC[C@H]5[C@H](C)CC[C@@H]([C@H]2C)[C@@]35OO4)c(OC)c1. The van der Waals surface area contributed by atoms with E-state index in [1.807, 2.05) is 19.1 Å². The molecule has 1 spiro atoms. The second kappa shape index (κ2) is 7.51. The summed E-state index contributed by atoms with van der Waals surface area (Å²) in [5.41, 5.74) is 0.300. The molecule has 0 amide bonds. The molecular weight excluding hydrogens is 400 g/mol. The van der Waals surface area contributed by atoms with Crippen LogP contribution in [0.5, 0.6) is 17.2 Å². The second-order valence-corrected chi connectivity index (χ2v) is 9.77. The highest BCUT2D eigenvalue weighted by molar-refractivity contribution is 5.52. The largest absolute Gasteiger partial charge is 0.496 e. The molecule has 172 valence electrons. The molecule has 8 atom stereocenters. The molecule has 4 saturated heterocycles. The Kier molecular flexibility index (Phi) is 5.16. The fraction of sp³-hybridized carbons (Fsp3) is 0.750. The predicted octanol–water partition coefficient (Wildman–Crippen LogP) is 4.64. The number of hydrogen-bond acceptors (Lipinski definition) is 7. The lowest BCUT2D eigenvalue weighted by Gasteiger charge is -2.60. The molecule has 7 nitrogen and oxygen atoms in total. The Morgan fingerprint density at radius 1 is 0.903 bits per heavy atom. The van der Waals surface area contributed by atoms with Crippen molar-refractivity contribution >= 4 is 0 Å². The Bertz CT molecular complexity index is 818. The first-order valence-electron chi connectivity index (χ1n) is 11.4. The first kappa shape index (κ1) is 21.3. The highest BCUT2D eigenvalue weighted by atomic mass is 17.3. The molecule has 4 heterocycles. The van der Waals surface area contributed by atoms with E-state index in [1.54, 1.807) is 21.3 Å². The van der Waals surface area contributed by atoms with Crippen molar-refractivity contribution in [2.24, 2.45) is 23.7 Å². The summed E-state index contributed by atoms with van der Waals surface area (Å²) < 4.78 is 30.2. The van der Waals surface area contributed by atoms with Crippen LogP contribution in [-0.2, 0) is 19.2 Å². The minimum Gasteiger partial charge on any atom is -0.496 e. The maximum absolute atomic E-state index is 6.77. The van der Waals surface area contributed by atoms with Crippen LogP contribution in [-0.4, -0.2) is 39.0 Å². The molecular formula is C24H34O7. The molecule has 6 rings (SSSR count). The van der Waals surface area contributed by atoms with E-state index in [0.717, 1.165) is 31.2 Å². The minimum atomic E-state index is -0.795. The summed E-state index contributed by atoms with van der Waals surface area (Å²) in [6, 6.07) is 3.76. The number of ether oxygens (including phenoxy) is 5. The van der Waals surface area contributed by atoms with Gasteiger partial charge >= 0.3 is 0 Å². The van der Waals surface area contributed by atoms with Crippen LogP contribution in [0.1, 0.15) is 58.1 Å². The zero-order valence-corrected chi connectivity index (χ0v) is 19.3. The molecule has 31 heavy (non-hydrogen) atoms. The van der Waals surface area contributed by atoms with Gasteiger partial charge in [0, 0.05) is 24.5 Å². The van der Waals surface area contributed by atoms with E-state index >= 15 is 0 Å². The van der Waals surface area contributed by atoms with Crippen molar-refractivity contribution in [3.8, 4) is 17.2 Å². The van der Waals surface area contributed by atoms with Gasteiger partial charge in [-0.2, -0.15) is 0 Å². The van der Waals surface area contributed by atoms with Gasteiger partial charge in [-0.1, -0.05) is 13.8 Å². The van der Waals surface area contributed by atoms with Crippen molar-refractivity contribution in [2.75, 3.05) is 21.3 Å². The summed E-state index contributed by atoms with van der Waals surface area (Å²) >= 11 is 0. The van der Waals surface area contributed by atoms with Gasteiger partial charge in [0.2, 0.25) is 5.79 Å². The van der Waals surface area contributed by atoms with Crippen LogP contribution in [0, 0.1) is 23.7 Å². The normalized spacial score (nSPS) is 43.7. The maximum Gasteiger partial charge on any atom is 0.201 e. The van der Waals surface area contributed by atoms with Crippen LogP contribution in [0.3, 0.4) is 0 Å². The zero-order chi connectivity index (χ0) is 22.0.